The Morgan fingerprint density at radius 3 is 3.00 bits per heavy atom. The van der Waals surface area contributed by atoms with E-state index in [1.54, 1.807) is 6.33 Å². The highest BCUT2D eigenvalue weighted by molar-refractivity contribution is 5.92. The fourth-order valence-corrected chi connectivity index (χ4v) is 3.84. The molecule has 3 aromatic rings. The van der Waals surface area contributed by atoms with Gasteiger partial charge < -0.3 is 14.8 Å². The van der Waals surface area contributed by atoms with Crippen LogP contribution in [0.1, 0.15) is 31.4 Å². The maximum absolute atomic E-state index is 12.9. The van der Waals surface area contributed by atoms with E-state index in [1.807, 2.05) is 53.0 Å². The molecule has 1 aliphatic rings. The van der Waals surface area contributed by atoms with E-state index in [0.717, 1.165) is 54.6 Å². The van der Waals surface area contributed by atoms with E-state index in [9.17, 15) is 4.79 Å². The Morgan fingerprint density at radius 2 is 2.15 bits per heavy atom. The Labute approximate surface area is 159 Å². The van der Waals surface area contributed by atoms with E-state index >= 15 is 0 Å². The zero-order chi connectivity index (χ0) is 18.6. The van der Waals surface area contributed by atoms with Gasteiger partial charge in [0.2, 0.25) is 0 Å². The van der Waals surface area contributed by atoms with E-state index in [-0.39, 0.29) is 12.1 Å². The van der Waals surface area contributed by atoms with Crippen molar-refractivity contribution >= 4 is 22.8 Å². The lowest BCUT2D eigenvalue weighted by Gasteiger charge is -2.35. The summed E-state index contributed by atoms with van der Waals surface area (Å²) in [7, 11) is 1.97. The average Bonchev–Trinajstić information content (AvgIpc) is 3.07. The SMILES string of the molecule is Cn1cnc2cc(NC(=O)N3CCCC[C@@H]3CCc3ccccn3)ccc21. The number of pyridine rings is 1. The molecule has 1 aliphatic heterocycles. The summed E-state index contributed by atoms with van der Waals surface area (Å²) in [5.74, 6) is 0. The minimum Gasteiger partial charge on any atom is -0.334 e. The Hall–Kier alpha value is -2.89. The third-order valence-corrected chi connectivity index (χ3v) is 5.32. The number of piperidine rings is 1. The summed E-state index contributed by atoms with van der Waals surface area (Å²) in [4.78, 5) is 23.7. The number of imidazole rings is 1. The van der Waals surface area contributed by atoms with Gasteiger partial charge in [-0.15, -0.1) is 0 Å². The summed E-state index contributed by atoms with van der Waals surface area (Å²) in [6.07, 6.45) is 8.75. The quantitative estimate of drug-likeness (QED) is 0.762. The van der Waals surface area contributed by atoms with Crippen molar-refractivity contribution in [2.45, 2.75) is 38.1 Å². The second-order valence-corrected chi connectivity index (χ2v) is 7.19. The molecular formula is C21H25N5O. The Balaban J connectivity index is 1.43. The lowest BCUT2D eigenvalue weighted by molar-refractivity contribution is 0.158. The standard InChI is InChI=1S/C21H25N5O/c1-25-15-23-19-14-17(9-11-20(19)25)24-21(27)26-13-5-3-7-18(26)10-8-16-6-2-4-12-22-16/h2,4,6,9,11-12,14-15,18H,3,5,7-8,10,13H2,1H3,(H,24,27)/t18-/m1/s1. The molecule has 2 aromatic heterocycles. The predicted octanol–water partition coefficient (Wildman–Crippen LogP) is 3.99. The van der Waals surface area contributed by atoms with Gasteiger partial charge in [0.15, 0.2) is 0 Å². The van der Waals surface area contributed by atoms with Crippen molar-refractivity contribution in [3.05, 3.63) is 54.6 Å². The number of amides is 2. The summed E-state index contributed by atoms with van der Waals surface area (Å²) in [5.41, 5.74) is 3.82. The number of rotatable bonds is 4. The number of nitrogens with zero attached hydrogens (tertiary/aromatic N) is 4. The molecule has 4 rings (SSSR count). The first kappa shape index (κ1) is 17.5. The Morgan fingerprint density at radius 1 is 1.22 bits per heavy atom. The van der Waals surface area contributed by atoms with Crippen LogP contribution in [0.4, 0.5) is 10.5 Å². The molecule has 1 N–H and O–H groups in total. The zero-order valence-electron chi connectivity index (χ0n) is 15.6. The van der Waals surface area contributed by atoms with Crippen LogP contribution in [-0.2, 0) is 13.5 Å². The van der Waals surface area contributed by atoms with Crippen molar-refractivity contribution < 1.29 is 4.79 Å². The van der Waals surface area contributed by atoms with E-state index in [2.05, 4.69) is 21.4 Å². The van der Waals surface area contributed by atoms with E-state index in [1.165, 1.54) is 6.42 Å². The maximum atomic E-state index is 12.9. The monoisotopic (exact) mass is 363 g/mol. The topological polar surface area (TPSA) is 63.1 Å². The highest BCUT2D eigenvalue weighted by atomic mass is 16.2. The average molecular weight is 363 g/mol. The summed E-state index contributed by atoms with van der Waals surface area (Å²) in [6, 6.07) is 12.1. The summed E-state index contributed by atoms with van der Waals surface area (Å²) in [6.45, 7) is 0.810. The molecule has 140 valence electrons. The van der Waals surface area contributed by atoms with Crippen LogP contribution in [0.25, 0.3) is 11.0 Å². The third-order valence-electron chi connectivity index (χ3n) is 5.32. The van der Waals surface area contributed by atoms with Crippen molar-refractivity contribution in [3.63, 3.8) is 0 Å². The molecule has 0 saturated carbocycles. The first-order valence-corrected chi connectivity index (χ1v) is 9.59. The number of carbonyl (C=O) groups is 1. The molecule has 3 heterocycles. The zero-order valence-corrected chi connectivity index (χ0v) is 15.6. The smallest absolute Gasteiger partial charge is 0.322 e. The van der Waals surface area contributed by atoms with Gasteiger partial charge in [-0.25, -0.2) is 9.78 Å². The number of benzene rings is 1. The number of carbonyl (C=O) groups excluding carboxylic acids is 1. The molecule has 27 heavy (non-hydrogen) atoms. The number of hydrogen-bond donors (Lipinski definition) is 1. The van der Waals surface area contributed by atoms with Crippen LogP contribution in [0.15, 0.2) is 48.9 Å². The fourth-order valence-electron chi connectivity index (χ4n) is 3.84. The van der Waals surface area contributed by atoms with Gasteiger partial charge in [0.05, 0.1) is 17.4 Å². The van der Waals surface area contributed by atoms with Gasteiger partial charge in [-0.3, -0.25) is 4.98 Å². The first-order chi connectivity index (χ1) is 13.2. The second-order valence-electron chi connectivity index (χ2n) is 7.19. The number of anilines is 1. The van der Waals surface area contributed by atoms with Gasteiger partial charge in [0.25, 0.3) is 0 Å². The summed E-state index contributed by atoms with van der Waals surface area (Å²) < 4.78 is 1.97. The Bertz CT molecular complexity index is 921. The van der Waals surface area contributed by atoms with E-state index in [0.29, 0.717) is 0 Å². The largest absolute Gasteiger partial charge is 0.334 e. The second kappa shape index (κ2) is 7.78. The van der Waals surface area contributed by atoms with Gasteiger partial charge in [0, 0.05) is 37.2 Å². The normalized spacial score (nSPS) is 17.2. The van der Waals surface area contributed by atoms with Crippen molar-refractivity contribution in [2.75, 3.05) is 11.9 Å². The van der Waals surface area contributed by atoms with Crippen LogP contribution in [-0.4, -0.2) is 38.1 Å². The highest BCUT2D eigenvalue weighted by Gasteiger charge is 2.26. The molecule has 0 unspecified atom stereocenters. The van der Waals surface area contributed by atoms with E-state index < -0.39 is 0 Å². The molecule has 1 saturated heterocycles. The van der Waals surface area contributed by atoms with Gasteiger partial charge in [0.1, 0.15) is 0 Å². The van der Waals surface area contributed by atoms with Crippen molar-refractivity contribution in [2.24, 2.45) is 7.05 Å². The molecule has 0 aliphatic carbocycles. The van der Waals surface area contributed by atoms with E-state index in [4.69, 9.17) is 0 Å². The van der Waals surface area contributed by atoms with Crippen LogP contribution < -0.4 is 5.32 Å². The predicted molar refractivity (Wildman–Crippen MR) is 107 cm³/mol. The van der Waals surface area contributed by atoms with Gasteiger partial charge in [-0.2, -0.15) is 0 Å². The lowest BCUT2D eigenvalue weighted by Crippen LogP contribution is -2.46. The molecule has 6 heteroatoms. The first-order valence-electron chi connectivity index (χ1n) is 9.59. The van der Waals surface area contributed by atoms with Crippen LogP contribution >= 0.6 is 0 Å². The molecule has 1 aromatic carbocycles. The van der Waals surface area contributed by atoms with Crippen molar-refractivity contribution in [1.29, 1.82) is 0 Å². The van der Waals surface area contributed by atoms with Crippen molar-refractivity contribution in [3.8, 4) is 0 Å². The number of hydrogen-bond acceptors (Lipinski definition) is 3. The number of aromatic nitrogens is 3. The van der Waals surface area contributed by atoms with Gasteiger partial charge >= 0.3 is 6.03 Å². The molecule has 6 nitrogen and oxygen atoms in total. The van der Waals surface area contributed by atoms with Crippen molar-refractivity contribution in [1.82, 2.24) is 19.4 Å². The highest BCUT2D eigenvalue weighted by Crippen LogP contribution is 2.23. The van der Waals surface area contributed by atoms with Gasteiger partial charge in [-0.1, -0.05) is 6.07 Å². The fraction of sp³-hybridized carbons (Fsp3) is 0.381. The van der Waals surface area contributed by atoms with Crippen LogP contribution in [0.2, 0.25) is 0 Å². The maximum Gasteiger partial charge on any atom is 0.322 e. The van der Waals surface area contributed by atoms with Crippen LogP contribution in [0.5, 0.6) is 0 Å². The number of aryl methyl sites for hydroxylation is 2. The number of likely N-dealkylation sites (tertiary alicyclic amines) is 1. The van der Waals surface area contributed by atoms with Crippen LogP contribution in [0, 0.1) is 0 Å². The van der Waals surface area contributed by atoms with Gasteiger partial charge in [-0.05, 0) is 62.4 Å². The molecule has 0 spiro atoms. The molecule has 0 radical (unpaired) electrons. The number of fused-ring (bicyclic) bond motifs is 1. The Kier molecular flexibility index (Phi) is 5.05. The minimum atomic E-state index is -0.0176. The molecule has 1 atom stereocenters. The molecule has 1 fully saturated rings. The number of nitrogens with one attached hydrogen (secondary N) is 1. The lowest BCUT2D eigenvalue weighted by atomic mass is 9.97. The summed E-state index contributed by atoms with van der Waals surface area (Å²) >= 11 is 0. The summed E-state index contributed by atoms with van der Waals surface area (Å²) in [5, 5.41) is 3.06. The molecular weight excluding hydrogens is 338 g/mol. The minimum absolute atomic E-state index is 0.0176. The molecule has 2 amide bonds. The molecule has 0 bridgehead atoms. The number of urea groups is 1. The third kappa shape index (κ3) is 3.94. The van der Waals surface area contributed by atoms with Crippen LogP contribution in [0.3, 0.4) is 0 Å².